The summed E-state index contributed by atoms with van der Waals surface area (Å²) in [7, 11) is 0. The van der Waals surface area contributed by atoms with Crippen molar-refractivity contribution < 1.29 is 9.90 Å². The van der Waals surface area contributed by atoms with Crippen molar-refractivity contribution in [1.82, 2.24) is 5.43 Å². The van der Waals surface area contributed by atoms with Gasteiger partial charge in [0, 0.05) is 10.6 Å². The van der Waals surface area contributed by atoms with E-state index < -0.39 is 0 Å². The number of nitrogens with one attached hydrogen (secondary N) is 1. The molecule has 74 valence electrons. The third-order valence-corrected chi connectivity index (χ3v) is 1.89. The van der Waals surface area contributed by atoms with Gasteiger partial charge in [0.15, 0.2) is 0 Å². The summed E-state index contributed by atoms with van der Waals surface area (Å²) in [4.78, 5) is 9.87. The Hall–Kier alpha value is -1.26. The maximum absolute atomic E-state index is 9.87. The van der Waals surface area contributed by atoms with Crippen LogP contribution >= 0.6 is 23.2 Å². The van der Waals surface area contributed by atoms with E-state index in [1.165, 1.54) is 18.3 Å². The lowest BCUT2D eigenvalue weighted by atomic mass is 10.2. The van der Waals surface area contributed by atoms with Crippen molar-refractivity contribution in [2.45, 2.75) is 0 Å². The molecule has 0 aliphatic rings. The molecule has 0 aromatic heterocycles. The van der Waals surface area contributed by atoms with E-state index in [1.54, 1.807) is 0 Å². The molecule has 0 aliphatic carbocycles. The van der Waals surface area contributed by atoms with Crippen LogP contribution in [0.2, 0.25) is 10.0 Å². The standard InChI is InChI=1S/C8H6Cl2N2O2/c9-6-1-5(3-11-12-4-13)8(14)7(10)2-6/h1-4,14H,(H,12,13). The summed E-state index contributed by atoms with van der Waals surface area (Å²) in [5.41, 5.74) is 2.38. The van der Waals surface area contributed by atoms with Gasteiger partial charge in [-0.05, 0) is 12.1 Å². The molecule has 2 N–H and O–H groups in total. The number of hydrogen-bond acceptors (Lipinski definition) is 3. The first-order valence-corrected chi connectivity index (χ1v) is 4.31. The number of halogens is 2. The van der Waals surface area contributed by atoms with E-state index in [4.69, 9.17) is 23.2 Å². The molecular formula is C8H6Cl2N2O2. The molecule has 6 heteroatoms. The first-order valence-electron chi connectivity index (χ1n) is 3.55. The summed E-state index contributed by atoms with van der Waals surface area (Å²) < 4.78 is 0. The molecule has 0 aliphatic heterocycles. The molecule has 4 nitrogen and oxygen atoms in total. The number of amides is 1. The van der Waals surface area contributed by atoms with Gasteiger partial charge in [-0.1, -0.05) is 23.2 Å². The van der Waals surface area contributed by atoms with Crippen LogP contribution in [0.3, 0.4) is 0 Å². The molecule has 0 unspecified atom stereocenters. The molecule has 0 atom stereocenters. The first kappa shape index (κ1) is 10.8. The Morgan fingerprint density at radius 1 is 1.43 bits per heavy atom. The van der Waals surface area contributed by atoms with Crippen molar-refractivity contribution in [2.75, 3.05) is 0 Å². The third-order valence-electron chi connectivity index (χ3n) is 1.39. The maximum atomic E-state index is 9.87. The second kappa shape index (κ2) is 4.83. The molecule has 0 fully saturated rings. The van der Waals surface area contributed by atoms with E-state index in [0.717, 1.165) is 0 Å². The number of nitrogens with zero attached hydrogens (tertiary/aromatic N) is 1. The summed E-state index contributed by atoms with van der Waals surface area (Å²) in [6.45, 7) is 0. The normalized spacial score (nSPS) is 10.4. The average Bonchev–Trinajstić information content (AvgIpc) is 2.13. The smallest absolute Gasteiger partial charge is 0.227 e. The Balaban J connectivity index is 3.01. The minimum atomic E-state index is -0.132. The number of carbonyl (C=O) groups excluding carboxylic acids is 1. The van der Waals surface area contributed by atoms with Gasteiger partial charge in [0.1, 0.15) is 5.75 Å². The zero-order valence-electron chi connectivity index (χ0n) is 6.87. The molecule has 1 amide bonds. The maximum Gasteiger partial charge on any atom is 0.227 e. The zero-order valence-corrected chi connectivity index (χ0v) is 8.38. The van der Waals surface area contributed by atoms with Crippen LogP contribution in [-0.2, 0) is 4.79 Å². The highest BCUT2D eigenvalue weighted by atomic mass is 35.5. The fourth-order valence-corrected chi connectivity index (χ4v) is 1.33. The SMILES string of the molecule is O=CNN=Cc1cc(Cl)cc(Cl)c1O. The zero-order chi connectivity index (χ0) is 10.6. The molecule has 1 aromatic carbocycles. The van der Waals surface area contributed by atoms with E-state index in [0.29, 0.717) is 17.0 Å². The molecule has 0 saturated heterocycles. The molecule has 0 radical (unpaired) electrons. The van der Waals surface area contributed by atoms with Crippen LogP contribution in [0.25, 0.3) is 0 Å². The quantitative estimate of drug-likeness (QED) is 0.474. The summed E-state index contributed by atoms with van der Waals surface area (Å²) in [6.07, 6.45) is 1.64. The summed E-state index contributed by atoms with van der Waals surface area (Å²) in [5.74, 6) is -0.132. The monoisotopic (exact) mass is 232 g/mol. The highest BCUT2D eigenvalue weighted by Gasteiger charge is 2.05. The van der Waals surface area contributed by atoms with Crippen LogP contribution in [0.1, 0.15) is 5.56 Å². The van der Waals surface area contributed by atoms with Crippen LogP contribution in [0, 0.1) is 0 Å². The molecule has 1 rings (SSSR count). The van der Waals surface area contributed by atoms with E-state index in [9.17, 15) is 9.90 Å². The summed E-state index contributed by atoms with van der Waals surface area (Å²) in [5, 5.41) is 13.4. The lowest BCUT2D eigenvalue weighted by Gasteiger charge is -2.01. The van der Waals surface area contributed by atoms with Crippen molar-refractivity contribution in [1.29, 1.82) is 0 Å². The minimum Gasteiger partial charge on any atom is -0.506 e. The summed E-state index contributed by atoms with van der Waals surface area (Å²) in [6, 6.07) is 2.88. The van der Waals surface area contributed by atoms with Gasteiger partial charge in [-0.2, -0.15) is 5.10 Å². The van der Waals surface area contributed by atoms with Gasteiger partial charge in [-0.25, -0.2) is 5.43 Å². The largest absolute Gasteiger partial charge is 0.506 e. The van der Waals surface area contributed by atoms with E-state index in [-0.39, 0.29) is 10.8 Å². The van der Waals surface area contributed by atoms with Crippen LogP contribution in [0.5, 0.6) is 5.75 Å². The van der Waals surface area contributed by atoms with Crippen LogP contribution in [-0.4, -0.2) is 17.7 Å². The number of hydrogen-bond donors (Lipinski definition) is 2. The van der Waals surface area contributed by atoms with E-state index >= 15 is 0 Å². The van der Waals surface area contributed by atoms with Crippen molar-refractivity contribution >= 4 is 35.8 Å². The number of phenols is 1. The Labute approximate surface area is 90.1 Å². The molecule has 0 spiro atoms. The second-order valence-electron chi connectivity index (χ2n) is 2.33. The van der Waals surface area contributed by atoms with Gasteiger partial charge >= 0.3 is 0 Å². The van der Waals surface area contributed by atoms with Crippen LogP contribution in [0.15, 0.2) is 17.2 Å². The molecule has 0 heterocycles. The van der Waals surface area contributed by atoms with Crippen molar-refractivity contribution in [3.8, 4) is 5.75 Å². The van der Waals surface area contributed by atoms with E-state index in [1.807, 2.05) is 0 Å². The predicted molar refractivity (Wildman–Crippen MR) is 54.9 cm³/mol. The van der Waals surface area contributed by atoms with E-state index in [2.05, 4.69) is 10.5 Å². The molecule has 1 aromatic rings. The average molecular weight is 233 g/mol. The fourth-order valence-electron chi connectivity index (χ4n) is 0.822. The minimum absolute atomic E-state index is 0.130. The lowest BCUT2D eigenvalue weighted by Crippen LogP contribution is -2.00. The number of hydrazone groups is 1. The Kier molecular flexibility index (Phi) is 3.73. The van der Waals surface area contributed by atoms with Crippen LogP contribution < -0.4 is 5.43 Å². The summed E-state index contributed by atoms with van der Waals surface area (Å²) >= 11 is 11.3. The molecular weight excluding hydrogens is 227 g/mol. The molecule has 0 bridgehead atoms. The Morgan fingerprint density at radius 2 is 2.14 bits per heavy atom. The predicted octanol–water partition coefficient (Wildman–Crippen LogP) is 1.78. The van der Waals surface area contributed by atoms with Crippen LogP contribution in [0.4, 0.5) is 0 Å². The molecule has 0 saturated carbocycles. The van der Waals surface area contributed by atoms with Crippen molar-refractivity contribution in [3.63, 3.8) is 0 Å². The van der Waals surface area contributed by atoms with Crippen molar-refractivity contribution in [3.05, 3.63) is 27.7 Å². The lowest BCUT2D eigenvalue weighted by molar-refractivity contribution is -0.109. The van der Waals surface area contributed by atoms with Gasteiger partial charge in [-0.3, -0.25) is 4.79 Å². The highest BCUT2D eigenvalue weighted by Crippen LogP contribution is 2.29. The third kappa shape index (κ3) is 2.61. The van der Waals surface area contributed by atoms with Gasteiger partial charge in [0.25, 0.3) is 0 Å². The topological polar surface area (TPSA) is 61.7 Å². The van der Waals surface area contributed by atoms with Crippen molar-refractivity contribution in [2.24, 2.45) is 5.10 Å². The highest BCUT2D eigenvalue weighted by molar-refractivity contribution is 6.36. The number of phenolic OH excluding ortho intramolecular Hbond substituents is 1. The fraction of sp³-hybridized carbons (Fsp3) is 0. The Morgan fingerprint density at radius 3 is 2.79 bits per heavy atom. The number of rotatable bonds is 3. The Bertz CT molecular complexity index is 380. The second-order valence-corrected chi connectivity index (χ2v) is 3.17. The number of aromatic hydroxyl groups is 1. The van der Waals surface area contributed by atoms with Gasteiger partial charge < -0.3 is 5.11 Å². The van der Waals surface area contributed by atoms with Gasteiger partial charge in [0.05, 0.1) is 11.2 Å². The number of benzene rings is 1. The first-order chi connectivity index (χ1) is 6.65. The van der Waals surface area contributed by atoms with Gasteiger partial charge in [0.2, 0.25) is 6.41 Å². The van der Waals surface area contributed by atoms with Gasteiger partial charge in [-0.15, -0.1) is 0 Å². The molecule has 14 heavy (non-hydrogen) atoms. The number of carbonyl (C=O) groups is 1.